The van der Waals surface area contributed by atoms with Gasteiger partial charge in [0.2, 0.25) is 5.78 Å². The van der Waals surface area contributed by atoms with E-state index >= 15 is 0 Å². The maximum absolute atomic E-state index is 12.3. The molecule has 2 aromatic rings. The van der Waals surface area contributed by atoms with E-state index in [1.165, 1.54) is 0 Å². The van der Waals surface area contributed by atoms with Gasteiger partial charge in [0.05, 0.1) is 12.1 Å². The molecule has 0 aliphatic heterocycles. The molecule has 0 radical (unpaired) electrons. The largest absolute Gasteiger partial charge is 0.481 e. The number of aromatic nitrogens is 1. The fourth-order valence-corrected chi connectivity index (χ4v) is 1.97. The second-order valence-electron chi connectivity index (χ2n) is 4.53. The highest BCUT2D eigenvalue weighted by Crippen LogP contribution is 2.14. The number of aryl methyl sites for hydroxylation is 1. The molecule has 6 nitrogen and oxygen atoms in total. The van der Waals surface area contributed by atoms with Gasteiger partial charge in [0, 0.05) is 18.3 Å². The average Bonchev–Trinajstić information content (AvgIpc) is 2.70. The van der Waals surface area contributed by atoms with Crippen LogP contribution in [0.1, 0.15) is 27.3 Å². The topological polar surface area (TPSA) is 122 Å². The first kappa shape index (κ1) is 18.6. The van der Waals surface area contributed by atoms with Gasteiger partial charge < -0.3 is 20.6 Å². The van der Waals surface area contributed by atoms with Crippen molar-refractivity contribution in [3.05, 3.63) is 58.9 Å². The minimum atomic E-state index is -0.907. The predicted molar refractivity (Wildman–Crippen MR) is 78.6 cm³/mol. The molecule has 0 fully saturated rings. The molecule has 0 amide bonds. The number of rotatable bonds is 4. The lowest BCUT2D eigenvalue weighted by molar-refractivity contribution is -0.136. The number of carbonyl (C=O) groups is 2. The minimum Gasteiger partial charge on any atom is -0.481 e. The highest BCUT2D eigenvalue weighted by atomic mass is 16.4. The lowest BCUT2D eigenvalue weighted by Gasteiger charge is -2.06. The second kappa shape index (κ2) is 7.37. The number of hydrogen-bond donors (Lipinski definition) is 1. The zero-order valence-corrected chi connectivity index (χ0v) is 11.9. The first-order chi connectivity index (χ1) is 8.99. The van der Waals surface area contributed by atoms with Gasteiger partial charge in [-0.15, -0.1) is 0 Å². The monoisotopic (exact) mass is 293 g/mol. The SMILES string of the molecule is Cc1ccc(C(=O)c2ccc(CC(=O)O)n2C)cc1.O.O. The van der Waals surface area contributed by atoms with Gasteiger partial charge in [-0.3, -0.25) is 9.59 Å². The molecule has 5 N–H and O–H groups in total. The molecule has 1 aromatic carbocycles. The van der Waals surface area contributed by atoms with Crippen molar-refractivity contribution in [3.8, 4) is 0 Å². The molecule has 0 aliphatic rings. The summed E-state index contributed by atoms with van der Waals surface area (Å²) in [7, 11) is 1.71. The van der Waals surface area contributed by atoms with E-state index in [2.05, 4.69) is 0 Å². The van der Waals surface area contributed by atoms with E-state index in [1.54, 1.807) is 35.9 Å². The van der Waals surface area contributed by atoms with Crippen LogP contribution in [0.5, 0.6) is 0 Å². The van der Waals surface area contributed by atoms with Crippen LogP contribution < -0.4 is 0 Å². The van der Waals surface area contributed by atoms with Crippen molar-refractivity contribution in [1.82, 2.24) is 4.57 Å². The van der Waals surface area contributed by atoms with Gasteiger partial charge in [-0.25, -0.2) is 0 Å². The minimum absolute atomic E-state index is 0. The molecule has 1 aromatic heterocycles. The van der Waals surface area contributed by atoms with Crippen LogP contribution in [0.4, 0.5) is 0 Å². The van der Waals surface area contributed by atoms with Crippen LogP contribution in [0.3, 0.4) is 0 Å². The van der Waals surface area contributed by atoms with Crippen LogP contribution in [0.25, 0.3) is 0 Å². The van der Waals surface area contributed by atoms with E-state index in [9.17, 15) is 9.59 Å². The Bertz CT molecular complexity index is 628. The summed E-state index contributed by atoms with van der Waals surface area (Å²) in [5, 5.41) is 8.79. The first-order valence-electron chi connectivity index (χ1n) is 5.97. The highest BCUT2D eigenvalue weighted by Gasteiger charge is 2.15. The second-order valence-corrected chi connectivity index (χ2v) is 4.53. The average molecular weight is 293 g/mol. The summed E-state index contributed by atoms with van der Waals surface area (Å²) in [5.41, 5.74) is 2.81. The van der Waals surface area contributed by atoms with Gasteiger partial charge in [0.15, 0.2) is 0 Å². The maximum Gasteiger partial charge on any atom is 0.309 e. The lowest BCUT2D eigenvalue weighted by atomic mass is 10.1. The molecule has 0 unspecified atom stereocenters. The third-order valence-electron chi connectivity index (χ3n) is 3.10. The molecule has 2 rings (SSSR count). The van der Waals surface area contributed by atoms with Gasteiger partial charge in [-0.2, -0.15) is 0 Å². The molecule has 21 heavy (non-hydrogen) atoms. The third kappa shape index (κ3) is 4.01. The molecule has 0 aliphatic carbocycles. The van der Waals surface area contributed by atoms with Crippen LogP contribution in [0.2, 0.25) is 0 Å². The fourth-order valence-electron chi connectivity index (χ4n) is 1.97. The number of carboxylic acid groups (broad SMARTS) is 1. The number of aliphatic carboxylic acids is 1. The number of carbonyl (C=O) groups excluding carboxylic acids is 1. The van der Waals surface area contributed by atoms with E-state index in [1.807, 2.05) is 19.1 Å². The summed E-state index contributed by atoms with van der Waals surface area (Å²) in [6, 6.07) is 10.7. The van der Waals surface area contributed by atoms with Gasteiger partial charge in [0.1, 0.15) is 0 Å². The first-order valence-corrected chi connectivity index (χ1v) is 5.97. The van der Waals surface area contributed by atoms with E-state index in [0.29, 0.717) is 17.0 Å². The summed E-state index contributed by atoms with van der Waals surface area (Å²) in [6.45, 7) is 1.96. The molecule has 0 saturated carbocycles. The Morgan fingerprint density at radius 3 is 2.14 bits per heavy atom. The Kier molecular flexibility index (Phi) is 6.51. The van der Waals surface area contributed by atoms with E-state index in [-0.39, 0.29) is 23.2 Å². The molecular formula is C15H19NO5. The van der Waals surface area contributed by atoms with Crippen LogP contribution in [0, 0.1) is 6.92 Å². The highest BCUT2D eigenvalue weighted by molar-refractivity contribution is 6.08. The standard InChI is InChI=1S/C15H15NO3.2H2O/c1-10-3-5-11(6-4-10)15(19)13-8-7-12(16(13)2)9-14(17)18;;/h3-8H,9H2,1-2H3,(H,17,18);2*1H2. The number of nitrogens with zero attached hydrogens (tertiary/aromatic N) is 1. The molecular weight excluding hydrogens is 274 g/mol. The van der Waals surface area contributed by atoms with Crippen LogP contribution >= 0.6 is 0 Å². The molecule has 114 valence electrons. The van der Waals surface area contributed by atoms with Crippen molar-refractivity contribution in [2.45, 2.75) is 13.3 Å². The number of ketones is 1. The van der Waals surface area contributed by atoms with Crippen molar-refractivity contribution in [1.29, 1.82) is 0 Å². The van der Waals surface area contributed by atoms with Crippen LogP contribution in [-0.4, -0.2) is 32.4 Å². The predicted octanol–water partition coefficient (Wildman–Crippen LogP) is 0.542. The molecule has 0 saturated heterocycles. The number of benzene rings is 1. The Balaban J connectivity index is 0.00000200. The molecule has 0 bridgehead atoms. The number of hydrogen-bond acceptors (Lipinski definition) is 2. The van der Waals surface area contributed by atoms with Gasteiger partial charge in [0.25, 0.3) is 0 Å². The Labute approximate surface area is 122 Å². The Hall–Kier alpha value is -2.44. The fraction of sp³-hybridized carbons (Fsp3) is 0.200. The zero-order chi connectivity index (χ0) is 14.0. The van der Waals surface area contributed by atoms with Crippen molar-refractivity contribution in [3.63, 3.8) is 0 Å². The molecule has 0 spiro atoms. The van der Waals surface area contributed by atoms with E-state index < -0.39 is 5.97 Å². The van der Waals surface area contributed by atoms with E-state index in [0.717, 1.165) is 5.56 Å². The lowest BCUT2D eigenvalue weighted by Crippen LogP contribution is -2.11. The van der Waals surface area contributed by atoms with Crippen LogP contribution in [-0.2, 0) is 18.3 Å². The summed E-state index contributed by atoms with van der Waals surface area (Å²) in [5.74, 6) is -1.00. The molecule has 0 atom stereocenters. The maximum atomic E-state index is 12.3. The van der Waals surface area contributed by atoms with Crippen LogP contribution in [0.15, 0.2) is 36.4 Å². The smallest absolute Gasteiger partial charge is 0.309 e. The Morgan fingerprint density at radius 2 is 1.62 bits per heavy atom. The summed E-state index contributed by atoms with van der Waals surface area (Å²) < 4.78 is 1.64. The van der Waals surface area contributed by atoms with Crippen molar-refractivity contribution < 1.29 is 25.6 Å². The Morgan fingerprint density at radius 1 is 1.05 bits per heavy atom. The van der Waals surface area contributed by atoms with Crippen molar-refractivity contribution >= 4 is 11.8 Å². The third-order valence-corrected chi connectivity index (χ3v) is 3.10. The summed E-state index contributed by atoms with van der Waals surface area (Å²) >= 11 is 0. The van der Waals surface area contributed by atoms with Gasteiger partial charge in [-0.05, 0) is 19.1 Å². The summed E-state index contributed by atoms with van der Waals surface area (Å²) in [4.78, 5) is 23.0. The van der Waals surface area contributed by atoms with Crippen molar-refractivity contribution in [2.24, 2.45) is 7.05 Å². The van der Waals surface area contributed by atoms with Crippen molar-refractivity contribution in [2.75, 3.05) is 0 Å². The number of carboxylic acids is 1. The quantitative estimate of drug-likeness (QED) is 0.827. The van der Waals surface area contributed by atoms with Gasteiger partial charge >= 0.3 is 5.97 Å². The summed E-state index contributed by atoms with van der Waals surface area (Å²) in [6.07, 6.45) is -0.0856. The normalized spacial score (nSPS) is 9.43. The zero-order valence-electron chi connectivity index (χ0n) is 11.9. The molecule has 6 heteroatoms. The molecule has 1 heterocycles. The van der Waals surface area contributed by atoms with E-state index in [4.69, 9.17) is 5.11 Å². The van der Waals surface area contributed by atoms with Gasteiger partial charge in [-0.1, -0.05) is 29.8 Å².